The summed E-state index contributed by atoms with van der Waals surface area (Å²) >= 11 is 0. The maximum atomic E-state index is 5.67. The van der Waals surface area contributed by atoms with Gasteiger partial charge in [0.2, 0.25) is 0 Å². The van der Waals surface area contributed by atoms with Crippen molar-refractivity contribution in [2.24, 2.45) is 10.7 Å². The fourth-order valence-corrected chi connectivity index (χ4v) is 1.24. The predicted molar refractivity (Wildman–Crippen MR) is 58.3 cm³/mol. The van der Waals surface area contributed by atoms with E-state index in [2.05, 4.69) is 16.4 Å². The quantitative estimate of drug-likeness (QED) is 0.396. The molecule has 0 aliphatic carbocycles. The van der Waals surface area contributed by atoms with Gasteiger partial charge in [0, 0.05) is 6.04 Å². The molecule has 0 aromatic heterocycles. The second-order valence-electron chi connectivity index (χ2n) is 3.69. The Morgan fingerprint density at radius 3 is 3.07 bits per heavy atom. The predicted octanol–water partition coefficient (Wildman–Crippen LogP) is 0.646. The molecule has 1 aliphatic heterocycles. The number of nitrogens with zero attached hydrogens (tertiary/aromatic N) is 1. The molecule has 80 valence electrons. The average Bonchev–Trinajstić information content (AvgIpc) is 2.15. The van der Waals surface area contributed by atoms with E-state index in [1.165, 1.54) is 5.57 Å². The Labute approximate surface area is 85.2 Å². The summed E-state index contributed by atoms with van der Waals surface area (Å²) in [6.45, 7) is 6.28. The van der Waals surface area contributed by atoms with E-state index in [1.54, 1.807) is 0 Å². The second-order valence-corrected chi connectivity index (χ2v) is 3.69. The SMILES string of the molecule is CC(C)NC(N)=NCC1=CCOCC1. The number of nitrogens with one attached hydrogen (secondary N) is 1. The first-order valence-corrected chi connectivity index (χ1v) is 5.00. The summed E-state index contributed by atoms with van der Waals surface area (Å²) in [6.07, 6.45) is 3.05. The Morgan fingerprint density at radius 1 is 1.71 bits per heavy atom. The molecule has 1 heterocycles. The Morgan fingerprint density at radius 2 is 2.50 bits per heavy atom. The lowest BCUT2D eigenvalue weighted by Crippen LogP contribution is -2.36. The molecule has 0 atom stereocenters. The van der Waals surface area contributed by atoms with Gasteiger partial charge in [-0.05, 0) is 25.8 Å². The summed E-state index contributed by atoms with van der Waals surface area (Å²) < 4.78 is 5.20. The average molecular weight is 197 g/mol. The van der Waals surface area contributed by atoms with E-state index in [0.717, 1.165) is 13.0 Å². The van der Waals surface area contributed by atoms with Gasteiger partial charge in [-0.3, -0.25) is 0 Å². The summed E-state index contributed by atoms with van der Waals surface area (Å²) in [5, 5.41) is 3.05. The summed E-state index contributed by atoms with van der Waals surface area (Å²) in [4.78, 5) is 4.25. The van der Waals surface area contributed by atoms with E-state index >= 15 is 0 Å². The molecule has 1 aliphatic rings. The molecule has 0 bridgehead atoms. The summed E-state index contributed by atoms with van der Waals surface area (Å²) in [6, 6.07) is 0.336. The number of hydrogen-bond donors (Lipinski definition) is 2. The van der Waals surface area contributed by atoms with Gasteiger partial charge in [0.25, 0.3) is 0 Å². The van der Waals surface area contributed by atoms with E-state index < -0.39 is 0 Å². The van der Waals surface area contributed by atoms with Crippen molar-refractivity contribution in [3.63, 3.8) is 0 Å². The van der Waals surface area contributed by atoms with Gasteiger partial charge >= 0.3 is 0 Å². The molecule has 0 saturated carbocycles. The van der Waals surface area contributed by atoms with Crippen molar-refractivity contribution in [2.75, 3.05) is 19.8 Å². The van der Waals surface area contributed by atoms with Crippen LogP contribution in [-0.4, -0.2) is 31.8 Å². The first kappa shape index (κ1) is 11.0. The third-order valence-electron chi connectivity index (χ3n) is 1.95. The minimum absolute atomic E-state index is 0.336. The van der Waals surface area contributed by atoms with Crippen LogP contribution in [0.5, 0.6) is 0 Å². The van der Waals surface area contributed by atoms with Crippen LogP contribution in [0.3, 0.4) is 0 Å². The lowest BCUT2D eigenvalue weighted by atomic mass is 10.1. The van der Waals surface area contributed by atoms with Crippen molar-refractivity contribution < 1.29 is 4.74 Å². The van der Waals surface area contributed by atoms with Crippen molar-refractivity contribution in [2.45, 2.75) is 26.3 Å². The lowest BCUT2D eigenvalue weighted by molar-refractivity contribution is 0.154. The molecule has 4 nitrogen and oxygen atoms in total. The van der Waals surface area contributed by atoms with E-state index in [1.807, 2.05) is 13.8 Å². The molecule has 0 spiro atoms. The zero-order chi connectivity index (χ0) is 10.4. The monoisotopic (exact) mass is 197 g/mol. The van der Waals surface area contributed by atoms with Gasteiger partial charge in [-0.15, -0.1) is 0 Å². The molecule has 4 heteroatoms. The normalized spacial score (nSPS) is 18.2. The zero-order valence-electron chi connectivity index (χ0n) is 8.92. The van der Waals surface area contributed by atoms with Crippen molar-refractivity contribution in [1.82, 2.24) is 5.32 Å². The van der Waals surface area contributed by atoms with Gasteiger partial charge in [0.05, 0.1) is 19.8 Å². The molecule has 3 N–H and O–H groups in total. The number of nitrogens with two attached hydrogens (primary N) is 1. The second kappa shape index (κ2) is 5.65. The van der Waals surface area contributed by atoms with Crippen LogP contribution >= 0.6 is 0 Å². The molecule has 14 heavy (non-hydrogen) atoms. The first-order valence-electron chi connectivity index (χ1n) is 5.00. The van der Waals surface area contributed by atoms with Crippen molar-refractivity contribution in [3.05, 3.63) is 11.6 Å². The minimum atomic E-state index is 0.336. The number of ether oxygens (including phenoxy) is 1. The number of rotatable bonds is 3. The third kappa shape index (κ3) is 4.28. The molecule has 1 rings (SSSR count). The lowest BCUT2D eigenvalue weighted by Gasteiger charge is -2.12. The molecule has 0 fully saturated rings. The summed E-state index contributed by atoms with van der Waals surface area (Å²) in [5.74, 6) is 0.521. The fraction of sp³-hybridized carbons (Fsp3) is 0.700. The Bertz CT molecular complexity index is 234. The molecule has 0 unspecified atom stereocenters. The maximum absolute atomic E-state index is 5.67. The Balaban J connectivity index is 2.33. The highest BCUT2D eigenvalue weighted by atomic mass is 16.5. The molecular weight excluding hydrogens is 178 g/mol. The molecule has 0 saturated heterocycles. The van der Waals surface area contributed by atoms with Crippen LogP contribution in [0.4, 0.5) is 0 Å². The van der Waals surface area contributed by atoms with Crippen LogP contribution in [0.2, 0.25) is 0 Å². The summed E-state index contributed by atoms with van der Waals surface area (Å²) in [5.41, 5.74) is 6.98. The van der Waals surface area contributed by atoms with Crippen LogP contribution in [0.15, 0.2) is 16.6 Å². The van der Waals surface area contributed by atoms with Crippen LogP contribution < -0.4 is 11.1 Å². The van der Waals surface area contributed by atoms with Gasteiger partial charge in [-0.2, -0.15) is 0 Å². The first-order chi connectivity index (χ1) is 6.68. The van der Waals surface area contributed by atoms with Crippen molar-refractivity contribution in [1.29, 1.82) is 0 Å². The summed E-state index contributed by atoms with van der Waals surface area (Å²) in [7, 11) is 0. The molecule has 0 aromatic carbocycles. The van der Waals surface area contributed by atoms with Crippen molar-refractivity contribution >= 4 is 5.96 Å². The van der Waals surface area contributed by atoms with Crippen LogP contribution in [0, 0.1) is 0 Å². The fourth-order valence-electron chi connectivity index (χ4n) is 1.24. The van der Waals surface area contributed by atoms with Gasteiger partial charge in [-0.25, -0.2) is 4.99 Å². The Kier molecular flexibility index (Phi) is 4.46. The van der Waals surface area contributed by atoms with E-state index in [0.29, 0.717) is 25.2 Å². The number of aliphatic imine (C=N–C) groups is 1. The van der Waals surface area contributed by atoms with Crippen LogP contribution in [0.1, 0.15) is 20.3 Å². The highest BCUT2D eigenvalue weighted by molar-refractivity contribution is 5.78. The third-order valence-corrected chi connectivity index (χ3v) is 1.95. The molecule has 0 radical (unpaired) electrons. The van der Waals surface area contributed by atoms with Crippen LogP contribution in [0.25, 0.3) is 0 Å². The van der Waals surface area contributed by atoms with Gasteiger partial charge in [-0.1, -0.05) is 6.08 Å². The van der Waals surface area contributed by atoms with Gasteiger partial charge in [0.1, 0.15) is 0 Å². The van der Waals surface area contributed by atoms with Crippen molar-refractivity contribution in [3.8, 4) is 0 Å². The zero-order valence-corrected chi connectivity index (χ0v) is 8.92. The number of hydrogen-bond acceptors (Lipinski definition) is 2. The minimum Gasteiger partial charge on any atom is -0.377 e. The Hall–Kier alpha value is -1.03. The van der Waals surface area contributed by atoms with E-state index in [9.17, 15) is 0 Å². The topological polar surface area (TPSA) is 59.6 Å². The highest BCUT2D eigenvalue weighted by Gasteiger charge is 2.02. The molecule has 0 amide bonds. The molecular formula is C10H19N3O. The maximum Gasteiger partial charge on any atom is 0.189 e. The smallest absolute Gasteiger partial charge is 0.189 e. The standard InChI is InChI=1S/C10H19N3O/c1-8(2)13-10(11)12-7-9-3-5-14-6-4-9/h3,8H,4-7H2,1-2H3,(H3,11,12,13). The molecule has 0 aromatic rings. The highest BCUT2D eigenvalue weighted by Crippen LogP contribution is 2.07. The van der Waals surface area contributed by atoms with Gasteiger partial charge < -0.3 is 15.8 Å². The van der Waals surface area contributed by atoms with Gasteiger partial charge in [0.15, 0.2) is 5.96 Å². The van der Waals surface area contributed by atoms with Crippen LogP contribution in [-0.2, 0) is 4.74 Å². The van der Waals surface area contributed by atoms with E-state index in [-0.39, 0.29) is 0 Å². The number of guanidine groups is 1. The van der Waals surface area contributed by atoms with E-state index in [4.69, 9.17) is 10.5 Å². The largest absolute Gasteiger partial charge is 0.377 e.